The van der Waals surface area contributed by atoms with Gasteiger partial charge in [0.25, 0.3) is 5.56 Å². The molecule has 2 aromatic rings. The third-order valence-corrected chi connectivity index (χ3v) is 2.88. The van der Waals surface area contributed by atoms with E-state index in [2.05, 4.69) is 5.10 Å². The molecule has 1 heterocycles. The molecule has 0 aliphatic carbocycles. The zero-order chi connectivity index (χ0) is 12.4. The highest BCUT2D eigenvalue weighted by molar-refractivity contribution is 5.37. The summed E-state index contributed by atoms with van der Waals surface area (Å²) in [6.07, 6.45) is 0.740. The van der Waals surface area contributed by atoms with Crippen LogP contribution in [0.5, 0.6) is 5.75 Å². The van der Waals surface area contributed by atoms with Crippen LogP contribution in [-0.4, -0.2) is 16.9 Å². The van der Waals surface area contributed by atoms with Gasteiger partial charge in [0.2, 0.25) is 0 Å². The Labute approximate surface area is 99.8 Å². The van der Waals surface area contributed by atoms with Crippen molar-refractivity contribution in [2.24, 2.45) is 0 Å². The summed E-state index contributed by atoms with van der Waals surface area (Å²) in [5.41, 5.74) is 2.60. The number of nitrogens with zero attached hydrogens (tertiary/aromatic N) is 1. The van der Waals surface area contributed by atoms with Crippen LogP contribution in [0.2, 0.25) is 0 Å². The number of ether oxygens (including phenoxy) is 1. The Bertz CT molecular complexity index is 564. The molecule has 1 aromatic carbocycles. The van der Waals surface area contributed by atoms with Gasteiger partial charge in [-0.25, -0.2) is 4.68 Å². The van der Waals surface area contributed by atoms with E-state index in [0.29, 0.717) is 0 Å². The van der Waals surface area contributed by atoms with E-state index in [0.717, 1.165) is 29.1 Å². The lowest BCUT2D eigenvalue weighted by Crippen LogP contribution is -2.16. The summed E-state index contributed by atoms with van der Waals surface area (Å²) < 4.78 is 6.65. The second kappa shape index (κ2) is 4.49. The monoisotopic (exact) mass is 232 g/mol. The van der Waals surface area contributed by atoms with E-state index < -0.39 is 0 Å². The fourth-order valence-corrected chi connectivity index (χ4v) is 1.91. The molecule has 90 valence electrons. The lowest BCUT2D eigenvalue weighted by Gasteiger charge is -2.03. The zero-order valence-corrected chi connectivity index (χ0v) is 10.3. The van der Waals surface area contributed by atoms with Gasteiger partial charge in [-0.15, -0.1) is 0 Å². The van der Waals surface area contributed by atoms with Gasteiger partial charge in [-0.1, -0.05) is 6.92 Å². The van der Waals surface area contributed by atoms with Gasteiger partial charge in [0.1, 0.15) is 5.75 Å². The molecule has 0 bridgehead atoms. The van der Waals surface area contributed by atoms with Crippen LogP contribution in [0.1, 0.15) is 18.2 Å². The summed E-state index contributed by atoms with van der Waals surface area (Å²) in [5.74, 6) is 0.779. The molecular weight excluding hydrogens is 216 g/mol. The van der Waals surface area contributed by atoms with Crippen LogP contribution >= 0.6 is 0 Å². The van der Waals surface area contributed by atoms with Crippen LogP contribution in [0.15, 0.2) is 29.1 Å². The number of aromatic nitrogens is 2. The maximum absolute atomic E-state index is 12.1. The van der Waals surface area contributed by atoms with Crippen LogP contribution in [-0.2, 0) is 6.42 Å². The Hall–Kier alpha value is -1.97. The topological polar surface area (TPSA) is 47.0 Å². The molecule has 0 saturated carbocycles. The smallest absolute Gasteiger partial charge is 0.274 e. The van der Waals surface area contributed by atoms with Gasteiger partial charge in [-0.2, -0.15) is 0 Å². The molecule has 0 unspecified atom stereocenters. The number of nitrogens with one attached hydrogen (secondary N) is 1. The van der Waals surface area contributed by atoms with Crippen LogP contribution < -0.4 is 10.3 Å². The second-order valence-corrected chi connectivity index (χ2v) is 3.91. The van der Waals surface area contributed by atoms with Crippen LogP contribution in [0.25, 0.3) is 5.69 Å². The van der Waals surface area contributed by atoms with Crippen molar-refractivity contribution in [2.75, 3.05) is 7.11 Å². The van der Waals surface area contributed by atoms with Crippen molar-refractivity contribution in [1.82, 2.24) is 9.78 Å². The number of methoxy groups -OCH3 is 1. The van der Waals surface area contributed by atoms with Crippen molar-refractivity contribution in [2.45, 2.75) is 20.3 Å². The fourth-order valence-electron chi connectivity index (χ4n) is 1.91. The lowest BCUT2D eigenvalue weighted by atomic mass is 10.2. The summed E-state index contributed by atoms with van der Waals surface area (Å²) >= 11 is 0. The van der Waals surface area contributed by atoms with E-state index >= 15 is 0 Å². The average molecular weight is 232 g/mol. The molecule has 0 aliphatic heterocycles. The summed E-state index contributed by atoms with van der Waals surface area (Å²) in [6, 6.07) is 7.39. The third-order valence-electron chi connectivity index (χ3n) is 2.88. The first-order valence-electron chi connectivity index (χ1n) is 5.62. The molecule has 1 N–H and O–H groups in total. The van der Waals surface area contributed by atoms with Crippen molar-refractivity contribution < 1.29 is 4.74 Å². The molecule has 17 heavy (non-hydrogen) atoms. The van der Waals surface area contributed by atoms with Crippen molar-refractivity contribution in [1.29, 1.82) is 0 Å². The number of hydrogen-bond donors (Lipinski definition) is 1. The molecule has 0 saturated heterocycles. The second-order valence-electron chi connectivity index (χ2n) is 3.91. The molecule has 0 spiro atoms. The van der Waals surface area contributed by atoms with Crippen molar-refractivity contribution >= 4 is 0 Å². The quantitative estimate of drug-likeness (QED) is 0.880. The molecule has 0 amide bonds. The Kier molecular flexibility index (Phi) is 3.04. The van der Waals surface area contributed by atoms with Crippen molar-refractivity contribution in [3.05, 3.63) is 45.9 Å². The first-order valence-corrected chi connectivity index (χ1v) is 5.62. The number of aromatic amines is 1. The van der Waals surface area contributed by atoms with E-state index in [1.54, 1.807) is 11.8 Å². The van der Waals surface area contributed by atoms with Crippen molar-refractivity contribution in [3.63, 3.8) is 0 Å². The Morgan fingerprint density at radius 3 is 2.41 bits per heavy atom. The molecule has 0 radical (unpaired) electrons. The highest BCUT2D eigenvalue weighted by atomic mass is 16.5. The van der Waals surface area contributed by atoms with Crippen LogP contribution in [0.3, 0.4) is 0 Å². The first-order chi connectivity index (χ1) is 8.17. The molecular formula is C13H16N2O2. The van der Waals surface area contributed by atoms with Gasteiger partial charge < -0.3 is 4.74 Å². The molecule has 0 fully saturated rings. The third kappa shape index (κ3) is 1.98. The predicted octanol–water partition coefficient (Wildman–Crippen LogP) is 2.05. The highest BCUT2D eigenvalue weighted by Crippen LogP contribution is 2.14. The lowest BCUT2D eigenvalue weighted by molar-refractivity contribution is 0.414. The van der Waals surface area contributed by atoms with Crippen molar-refractivity contribution in [3.8, 4) is 11.4 Å². The Balaban J connectivity index is 2.49. The Morgan fingerprint density at radius 2 is 1.94 bits per heavy atom. The minimum absolute atomic E-state index is 0.0233. The van der Waals surface area contributed by atoms with Gasteiger partial charge >= 0.3 is 0 Å². The summed E-state index contributed by atoms with van der Waals surface area (Å²) in [6.45, 7) is 3.90. The summed E-state index contributed by atoms with van der Waals surface area (Å²) in [4.78, 5) is 12.1. The van der Waals surface area contributed by atoms with Gasteiger partial charge in [0, 0.05) is 11.3 Å². The molecule has 1 aromatic heterocycles. The molecule has 4 nitrogen and oxygen atoms in total. The van der Waals surface area contributed by atoms with E-state index in [1.165, 1.54) is 0 Å². The number of benzene rings is 1. The predicted molar refractivity (Wildman–Crippen MR) is 67.1 cm³/mol. The zero-order valence-electron chi connectivity index (χ0n) is 10.3. The van der Waals surface area contributed by atoms with Crippen LogP contribution in [0.4, 0.5) is 0 Å². The van der Waals surface area contributed by atoms with E-state index in [1.807, 2.05) is 38.1 Å². The maximum atomic E-state index is 12.1. The van der Waals surface area contributed by atoms with E-state index in [9.17, 15) is 4.79 Å². The number of H-pyrrole nitrogens is 1. The van der Waals surface area contributed by atoms with Gasteiger partial charge in [0.05, 0.1) is 12.8 Å². The SMILES string of the molecule is CCc1c(C)[nH]n(-c2ccc(OC)cc2)c1=O. The minimum atomic E-state index is 0.0233. The maximum Gasteiger partial charge on any atom is 0.274 e. The standard InChI is InChI=1S/C13H16N2O2/c1-4-12-9(2)14-15(13(12)16)10-5-7-11(17-3)8-6-10/h5-8,14H,4H2,1-3H3. The van der Waals surface area contributed by atoms with Gasteiger partial charge in [-0.3, -0.25) is 9.89 Å². The molecule has 4 heteroatoms. The normalized spacial score (nSPS) is 10.5. The molecule has 2 rings (SSSR count). The largest absolute Gasteiger partial charge is 0.497 e. The molecule has 0 aliphatic rings. The number of aryl methyl sites for hydroxylation is 1. The Morgan fingerprint density at radius 1 is 1.29 bits per heavy atom. The van der Waals surface area contributed by atoms with E-state index in [4.69, 9.17) is 4.74 Å². The van der Waals surface area contributed by atoms with Gasteiger partial charge in [0.15, 0.2) is 0 Å². The number of hydrogen-bond acceptors (Lipinski definition) is 2. The fraction of sp³-hybridized carbons (Fsp3) is 0.308. The van der Waals surface area contributed by atoms with E-state index in [-0.39, 0.29) is 5.56 Å². The first kappa shape index (κ1) is 11.5. The average Bonchev–Trinajstić information content (AvgIpc) is 2.64. The van der Waals surface area contributed by atoms with Crippen LogP contribution in [0, 0.1) is 6.92 Å². The summed E-state index contributed by atoms with van der Waals surface area (Å²) in [7, 11) is 1.62. The molecule has 0 atom stereocenters. The van der Waals surface area contributed by atoms with Gasteiger partial charge in [-0.05, 0) is 37.6 Å². The number of rotatable bonds is 3. The summed E-state index contributed by atoms with van der Waals surface area (Å²) in [5, 5.41) is 3.08. The highest BCUT2D eigenvalue weighted by Gasteiger charge is 2.10. The minimum Gasteiger partial charge on any atom is -0.497 e.